The number of unbranched alkanes of at least 4 members (excludes halogenated alkanes) is 30. The standard InChI is InChI=1S/C71H121NO3/c1-3-5-7-9-11-13-15-17-19-21-23-25-27-29-31-33-35-37-38-40-42-44-46-48-50-52-54-56-58-60-62-64-66-70(74)69(68-73)72-71(75)67-65-63-61-59-57-55-53-51-49-47-45-43-41-39-36-34-32-30-28-26-24-22-20-18-16-14-12-10-8-6-4-2/h6,8,12,14,18,20,24,26,30,32,36,39,43,45,48-51,56,58,64,66,69-70,73-74H,3-5,7,9-11,13,15-17,19,21-23,25,27-29,31,33-35,37-38,40-42,44,46-47,52-55,57,59-63,65,67-68H2,1-2H3,(H,72,75)/b8-6-,14-12-,20-18-,26-24-,32-30-,39-36-,45-43-,50-48+,51-49-,58-56+,66-64+. The molecule has 0 heterocycles. The molecule has 0 spiro atoms. The van der Waals surface area contributed by atoms with E-state index in [4.69, 9.17) is 0 Å². The number of carbonyl (C=O) groups excluding carboxylic acids is 1. The van der Waals surface area contributed by atoms with Gasteiger partial charge in [-0.15, -0.1) is 0 Å². The van der Waals surface area contributed by atoms with Crippen LogP contribution in [0.25, 0.3) is 0 Å². The van der Waals surface area contributed by atoms with Crippen molar-refractivity contribution < 1.29 is 15.0 Å². The fraction of sp³-hybridized carbons (Fsp3) is 0.676. The van der Waals surface area contributed by atoms with Crippen LogP contribution in [0.5, 0.6) is 0 Å². The summed E-state index contributed by atoms with van der Waals surface area (Å²) in [6, 6.07) is -0.666. The highest BCUT2D eigenvalue weighted by atomic mass is 16.3. The molecule has 428 valence electrons. The quantitative estimate of drug-likeness (QED) is 0.0420. The van der Waals surface area contributed by atoms with Gasteiger partial charge < -0.3 is 15.5 Å². The molecule has 4 heteroatoms. The summed E-state index contributed by atoms with van der Waals surface area (Å²) in [5.74, 6) is -0.0962. The lowest BCUT2D eigenvalue weighted by Gasteiger charge is -2.19. The minimum Gasteiger partial charge on any atom is -0.394 e. The molecule has 0 saturated heterocycles. The van der Waals surface area contributed by atoms with Gasteiger partial charge in [0.25, 0.3) is 0 Å². The zero-order valence-electron chi connectivity index (χ0n) is 49.3. The van der Waals surface area contributed by atoms with E-state index in [1.165, 1.54) is 167 Å². The van der Waals surface area contributed by atoms with Crippen LogP contribution in [0.3, 0.4) is 0 Å². The number of aliphatic hydroxyl groups is 2. The number of amides is 1. The van der Waals surface area contributed by atoms with Crippen LogP contribution in [0.2, 0.25) is 0 Å². The smallest absolute Gasteiger partial charge is 0.220 e. The molecule has 0 aliphatic heterocycles. The Labute approximate surface area is 466 Å². The van der Waals surface area contributed by atoms with Gasteiger partial charge in [-0.25, -0.2) is 0 Å². The first-order valence-corrected chi connectivity index (χ1v) is 31.9. The van der Waals surface area contributed by atoms with E-state index in [9.17, 15) is 15.0 Å². The predicted octanol–water partition coefficient (Wildman–Crippen LogP) is 21.8. The maximum atomic E-state index is 12.5. The van der Waals surface area contributed by atoms with Crippen LogP contribution in [0.15, 0.2) is 134 Å². The monoisotopic (exact) mass is 1040 g/mol. The Morgan fingerprint density at radius 1 is 0.333 bits per heavy atom. The minimum absolute atomic E-state index is 0.0962. The molecule has 0 aromatic rings. The van der Waals surface area contributed by atoms with Crippen molar-refractivity contribution in [1.82, 2.24) is 5.32 Å². The molecular formula is C71H121NO3. The van der Waals surface area contributed by atoms with Gasteiger partial charge in [-0.2, -0.15) is 0 Å². The van der Waals surface area contributed by atoms with Crippen LogP contribution in [-0.2, 0) is 4.79 Å². The molecular weight excluding hydrogens is 915 g/mol. The van der Waals surface area contributed by atoms with Gasteiger partial charge in [-0.3, -0.25) is 4.79 Å². The third-order valence-corrected chi connectivity index (χ3v) is 13.8. The molecule has 0 aliphatic rings. The molecule has 3 N–H and O–H groups in total. The topological polar surface area (TPSA) is 69.6 Å². The summed E-state index contributed by atoms with van der Waals surface area (Å²) >= 11 is 0. The van der Waals surface area contributed by atoms with E-state index in [2.05, 4.69) is 141 Å². The lowest BCUT2D eigenvalue weighted by atomic mass is 10.0. The summed E-state index contributed by atoms with van der Waals surface area (Å²) in [4.78, 5) is 12.5. The number of nitrogens with one attached hydrogen (secondary N) is 1. The second kappa shape index (κ2) is 64.8. The molecule has 2 atom stereocenters. The lowest BCUT2D eigenvalue weighted by molar-refractivity contribution is -0.123. The Hall–Kier alpha value is -3.47. The average Bonchev–Trinajstić information content (AvgIpc) is 3.41. The van der Waals surface area contributed by atoms with Gasteiger partial charge in [0.15, 0.2) is 0 Å². The summed E-state index contributed by atoms with van der Waals surface area (Å²) < 4.78 is 0. The molecule has 4 nitrogen and oxygen atoms in total. The highest BCUT2D eigenvalue weighted by Gasteiger charge is 2.18. The summed E-state index contributed by atoms with van der Waals surface area (Å²) in [7, 11) is 0. The van der Waals surface area contributed by atoms with Gasteiger partial charge in [0, 0.05) is 6.42 Å². The Morgan fingerprint density at radius 2 is 0.600 bits per heavy atom. The Balaban J connectivity index is 3.63. The maximum Gasteiger partial charge on any atom is 0.220 e. The average molecular weight is 1040 g/mol. The van der Waals surface area contributed by atoms with Crippen LogP contribution in [0.1, 0.15) is 290 Å². The van der Waals surface area contributed by atoms with Crippen LogP contribution < -0.4 is 5.32 Å². The molecule has 0 aromatic carbocycles. The van der Waals surface area contributed by atoms with Crippen molar-refractivity contribution in [3.63, 3.8) is 0 Å². The summed E-state index contributed by atoms with van der Waals surface area (Å²) in [5.41, 5.74) is 0. The second-order valence-electron chi connectivity index (χ2n) is 21.1. The molecule has 0 rings (SSSR count). The van der Waals surface area contributed by atoms with E-state index < -0.39 is 12.1 Å². The van der Waals surface area contributed by atoms with Gasteiger partial charge in [-0.05, 0) is 109 Å². The largest absolute Gasteiger partial charge is 0.394 e. The van der Waals surface area contributed by atoms with Crippen LogP contribution in [-0.4, -0.2) is 34.9 Å². The Bertz CT molecular complexity index is 1500. The van der Waals surface area contributed by atoms with Crippen molar-refractivity contribution >= 4 is 5.91 Å². The fourth-order valence-corrected chi connectivity index (χ4v) is 9.05. The highest BCUT2D eigenvalue weighted by Crippen LogP contribution is 2.16. The first-order chi connectivity index (χ1) is 37.2. The van der Waals surface area contributed by atoms with Crippen molar-refractivity contribution in [2.24, 2.45) is 0 Å². The Kier molecular flexibility index (Phi) is 61.8. The molecule has 0 radical (unpaired) electrons. The van der Waals surface area contributed by atoms with Crippen molar-refractivity contribution in [3.05, 3.63) is 134 Å². The van der Waals surface area contributed by atoms with Crippen LogP contribution in [0, 0.1) is 0 Å². The predicted molar refractivity (Wildman–Crippen MR) is 335 cm³/mol. The number of aliphatic hydroxyl groups excluding tert-OH is 2. The third-order valence-electron chi connectivity index (χ3n) is 13.8. The number of hydrogen-bond acceptors (Lipinski definition) is 3. The van der Waals surface area contributed by atoms with Crippen LogP contribution >= 0.6 is 0 Å². The van der Waals surface area contributed by atoms with E-state index in [1.54, 1.807) is 6.08 Å². The number of hydrogen-bond donors (Lipinski definition) is 3. The SMILES string of the molecule is CC/C=C\C/C=C\C/C=C\C/C=C\C/C=C\C/C=C\C/C=C\C/C=C\CCCCCCCCC(=O)NC(CO)C(O)/C=C/CC/C=C/CC/C=C/CCCCCCCCCCCCCCCCCCCCCCCC. The van der Waals surface area contributed by atoms with E-state index in [-0.39, 0.29) is 12.5 Å². The molecule has 0 saturated carbocycles. The Morgan fingerprint density at radius 3 is 0.933 bits per heavy atom. The number of carbonyl (C=O) groups is 1. The third kappa shape index (κ3) is 61.3. The molecule has 75 heavy (non-hydrogen) atoms. The van der Waals surface area contributed by atoms with E-state index >= 15 is 0 Å². The van der Waals surface area contributed by atoms with Crippen molar-refractivity contribution in [2.75, 3.05) is 6.61 Å². The van der Waals surface area contributed by atoms with Gasteiger partial charge >= 0.3 is 0 Å². The van der Waals surface area contributed by atoms with Crippen LogP contribution in [0.4, 0.5) is 0 Å². The molecule has 0 bridgehead atoms. The van der Waals surface area contributed by atoms with Gasteiger partial charge in [0.1, 0.15) is 0 Å². The second-order valence-corrected chi connectivity index (χ2v) is 21.1. The molecule has 2 unspecified atom stereocenters. The normalized spacial score (nSPS) is 13.7. The lowest BCUT2D eigenvalue weighted by Crippen LogP contribution is -2.45. The van der Waals surface area contributed by atoms with Gasteiger partial charge in [0.2, 0.25) is 5.91 Å². The molecule has 0 aliphatic carbocycles. The molecule has 1 amide bonds. The highest BCUT2D eigenvalue weighted by molar-refractivity contribution is 5.76. The maximum absolute atomic E-state index is 12.5. The van der Waals surface area contributed by atoms with E-state index in [0.29, 0.717) is 6.42 Å². The van der Waals surface area contributed by atoms with Crippen molar-refractivity contribution in [3.8, 4) is 0 Å². The summed E-state index contributed by atoms with van der Waals surface area (Å²) in [5, 5.41) is 23.2. The van der Waals surface area contributed by atoms with E-state index in [0.717, 1.165) is 103 Å². The van der Waals surface area contributed by atoms with E-state index in [1.807, 2.05) is 6.08 Å². The summed E-state index contributed by atoms with van der Waals surface area (Å²) in [6.45, 7) is 4.19. The summed E-state index contributed by atoms with van der Waals surface area (Å²) in [6.07, 6.45) is 101. The minimum atomic E-state index is -0.889. The zero-order chi connectivity index (χ0) is 54.1. The molecule has 0 aromatic heterocycles. The fourth-order valence-electron chi connectivity index (χ4n) is 9.05. The van der Waals surface area contributed by atoms with Gasteiger partial charge in [0.05, 0.1) is 18.8 Å². The number of allylic oxidation sites excluding steroid dienone is 21. The first-order valence-electron chi connectivity index (χ1n) is 31.9. The number of rotatable bonds is 57. The first kappa shape index (κ1) is 71.5. The van der Waals surface area contributed by atoms with Gasteiger partial charge in [-0.1, -0.05) is 308 Å². The van der Waals surface area contributed by atoms with Crippen molar-refractivity contribution in [2.45, 2.75) is 302 Å². The molecule has 0 fully saturated rings. The van der Waals surface area contributed by atoms with Crippen molar-refractivity contribution in [1.29, 1.82) is 0 Å². The zero-order valence-corrected chi connectivity index (χ0v) is 49.3.